The molecule has 0 amide bonds. The third-order valence-corrected chi connectivity index (χ3v) is 10.2. The van der Waals surface area contributed by atoms with Crippen molar-refractivity contribution in [3.05, 3.63) is 146 Å². The first-order valence-electron chi connectivity index (χ1n) is 15.4. The molecule has 7 aromatic carbocycles. The molecule has 4 heteroatoms. The van der Waals surface area contributed by atoms with Gasteiger partial charge in [0.25, 0.3) is 0 Å². The highest BCUT2D eigenvalue weighted by atomic mass is 32.1. The third kappa shape index (κ3) is 3.91. The largest absolute Gasteiger partial charge is 0.456 e. The van der Waals surface area contributed by atoms with Gasteiger partial charge in [0.05, 0.1) is 15.9 Å². The molecule has 0 unspecified atom stereocenters. The number of hydrogen-bond acceptors (Lipinski definition) is 4. The lowest BCUT2D eigenvalue weighted by atomic mass is 9.99. The number of rotatable bonds is 3. The molecular weight excluding hydrogens is 581 g/mol. The lowest BCUT2D eigenvalue weighted by Gasteiger charge is -2.09. The predicted octanol–water partition coefficient (Wildman–Crippen LogP) is 12.1. The fourth-order valence-electron chi connectivity index (χ4n) is 6.80. The maximum Gasteiger partial charge on any atom is 0.161 e. The van der Waals surface area contributed by atoms with Crippen LogP contribution in [0.4, 0.5) is 0 Å². The summed E-state index contributed by atoms with van der Waals surface area (Å²) in [5.74, 6) is 0.700. The number of thiophene rings is 1. The summed E-state index contributed by atoms with van der Waals surface area (Å²) >= 11 is 1.76. The number of fused-ring (bicyclic) bond motifs is 8. The summed E-state index contributed by atoms with van der Waals surface area (Å²) in [5.41, 5.74) is 7.96. The number of benzene rings is 7. The van der Waals surface area contributed by atoms with Crippen LogP contribution < -0.4 is 0 Å². The van der Waals surface area contributed by atoms with Crippen molar-refractivity contribution in [2.24, 2.45) is 0 Å². The zero-order valence-electron chi connectivity index (χ0n) is 24.6. The van der Waals surface area contributed by atoms with Crippen LogP contribution in [0.2, 0.25) is 0 Å². The van der Waals surface area contributed by atoms with Crippen molar-refractivity contribution in [3.8, 4) is 33.8 Å². The van der Waals surface area contributed by atoms with Crippen LogP contribution in [0.15, 0.2) is 150 Å². The maximum atomic E-state index is 6.52. The highest BCUT2D eigenvalue weighted by molar-refractivity contribution is 7.26. The van der Waals surface area contributed by atoms with E-state index in [1.165, 1.54) is 31.8 Å². The van der Waals surface area contributed by atoms with Crippen molar-refractivity contribution in [1.82, 2.24) is 9.97 Å². The van der Waals surface area contributed by atoms with Crippen LogP contribution in [-0.4, -0.2) is 9.97 Å². The number of nitrogens with zero attached hydrogens (tertiary/aromatic N) is 2. The lowest BCUT2D eigenvalue weighted by molar-refractivity contribution is 0.669. The Hall–Kier alpha value is -5.84. The second-order valence-electron chi connectivity index (χ2n) is 11.8. The van der Waals surface area contributed by atoms with Crippen LogP contribution in [0.3, 0.4) is 0 Å². The summed E-state index contributed by atoms with van der Waals surface area (Å²) in [6.45, 7) is 0. The molecule has 0 atom stereocenters. The molecule has 0 aliphatic carbocycles. The first-order valence-corrected chi connectivity index (χ1v) is 16.2. The molecule has 0 radical (unpaired) electrons. The SMILES string of the molecule is c1ccc2cc(-c3ccc4c(c3)oc3cccc(-c5nc(-c6ccc7ccccc7c6)c6sc7ccccc7c6n5)c34)ccc2c1. The molecule has 0 fully saturated rings. The van der Waals surface area contributed by atoms with Crippen LogP contribution >= 0.6 is 11.3 Å². The van der Waals surface area contributed by atoms with Gasteiger partial charge in [-0.05, 0) is 69.1 Å². The van der Waals surface area contributed by atoms with Crippen LogP contribution in [0.5, 0.6) is 0 Å². The minimum absolute atomic E-state index is 0.700. The Labute approximate surface area is 268 Å². The van der Waals surface area contributed by atoms with Crippen LogP contribution in [0.25, 0.3) is 97.6 Å². The van der Waals surface area contributed by atoms with Gasteiger partial charge in [-0.25, -0.2) is 9.97 Å². The second kappa shape index (κ2) is 9.83. The third-order valence-electron chi connectivity index (χ3n) is 9.06. The predicted molar refractivity (Wildman–Crippen MR) is 194 cm³/mol. The van der Waals surface area contributed by atoms with Gasteiger partial charge in [-0.3, -0.25) is 0 Å². The van der Waals surface area contributed by atoms with Crippen molar-refractivity contribution >= 4 is 75.1 Å². The van der Waals surface area contributed by atoms with Gasteiger partial charge in [0, 0.05) is 32.0 Å². The van der Waals surface area contributed by atoms with Gasteiger partial charge in [-0.15, -0.1) is 11.3 Å². The zero-order chi connectivity index (χ0) is 30.2. The van der Waals surface area contributed by atoms with E-state index in [0.29, 0.717) is 5.82 Å². The van der Waals surface area contributed by atoms with E-state index in [4.69, 9.17) is 14.4 Å². The molecule has 3 nitrogen and oxygen atoms in total. The van der Waals surface area contributed by atoms with Gasteiger partial charge in [0.1, 0.15) is 11.2 Å². The Kier molecular flexibility index (Phi) is 5.45. The van der Waals surface area contributed by atoms with Crippen LogP contribution in [0, 0.1) is 0 Å². The monoisotopic (exact) mass is 604 g/mol. The molecule has 214 valence electrons. The first-order chi connectivity index (χ1) is 22.8. The van der Waals surface area contributed by atoms with E-state index in [1.54, 1.807) is 11.3 Å². The smallest absolute Gasteiger partial charge is 0.161 e. The topological polar surface area (TPSA) is 38.9 Å². The summed E-state index contributed by atoms with van der Waals surface area (Å²) in [7, 11) is 0. The molecule has 10 aromatic rings. The summed E-state index contributed by atoms with van der Waals surface area (Å²) < 4.78 is 8.83. The van der Waals surface area contributed by atoms with Gasteiger partial charge in [-0.1, -0.05) is 109 Å². The number of furan rings is 1. The van der Waals surface area contributed by atoms with E-state index < -0.39 is 0 Å². The summed E-state index contributed by atoms with van der Waals surface area (Å²) in [6.07, 6.45) is 0. The fourth-order valence-corrected chi connectivity index (χ4v) is 7.96. The van der Waals surface area contributed by atoms with Crippen LogP contribution in [-0.2, 0) is 0 Å². The van der Waals surface area contributed by atoms with E-state index in [2.05, 4.69) is 133 Å². The molecule has 0 saturated carbocycles. The van der Waals surface area contributed by atoms with E-state index in [1.807, 2.05) is 12.1 Å². The van der Waals surface area contributed by atoms with E-state index in [9.17, 15) is 0 Å². The molecule has 10 rings (SSSR count). The Balaban J connectivity index is 1.20. The van der Waals surface area contributed by atoms with Crippen molar-refractivity contribution in [1.29, 1.82) is 0 Å². The molecular formula is C42H24N2OS. The standard InChI is InChI=1S/C42H24N2OS/c1-3-10-27-22-29(18-16-25(27)8-1)30-20-21-32-36(24-30)45-35-14-7-13-34(38(32)35)42-43-39(31-19-17-26-9-2-4-11-28(26)23-31)41-40(44-42)33-12-5-6-15-37(33)46-41/h1-24H. The molecule has 0 spiro atoms. The maximum absolute atomic E-state index is 6.52. The Morgan fingerprint density at radius 1 is 0.478 bits per heavy atom. The number of aromatic nitrogens is 2. The summed E-state index contributed by atoms with van der Waals surface area (Å²) in [4.78, 5) is 10.6. The van der Waals surface area contributed by atoms with Gasteiger partial charge in [0.15, 0.2) is 5.82 Å². The average molecular weight is 605 g/mol. The highest BCUT2D eigenvalue weighted by Crippen LogP contribution is 2.42. The summed E-state index contributed by atoms with van der Waals surface area (Å²) in [6, 6.07) is 51.4. The highest BCUT2D eigenvalue weighted by Gasteiger charge is 2.20. The number of hydrogen-bond donors (Lipinski definition) is 0. The summed E-state index contributed by atoms with van der Waals surface area (Å²) in [5, 5.41) is 8.11. The minimum atomic E-state index is 0.700. The molecule has 0 bridgehead atoms. The molecule has 3 aromatic heterocycles. The van der Waals surface area contributed by atoms with Gasteiger partial charge in [-0.2, -0.15) is 0 Å². The fraction of sp³-hybridized carbons (Fsp3) is 0. The van der Waals surface area contributed by atoms with Gasteiger partial charge >= 0.3 is 0 Å². The lowest BCUT2D eigenvalue weighted by Crippen LogP contribution is -1.94. The Morgan fingerprint density at radius 3 is 1.98 bits per heavy atom. The van der Waals surface area contributed by atoms with Crippen LogP contribution in [0.1, 0.15) is 0 Å². The van der Waals surface area contributed by atoms with Crippen molar-refractivity contribution < 1.29 is 4.42 Å². The minimum Gasteiger partial charge on any atom is -0.456 e. The Bertz CT molecular complexity index is 2830. The van der Waals surface area contributed by atoms with Crippen molar-refractivity contribution in [3.63, 3.8) is 0 Å². The van der Waals surface area contributed by atoms with Crippen molar-refractivity contribution in [2.75, 3.05) is 0 Å². The second-order valence-corrected chi connectivity index (χ2v) is 12.8. The molecule has 3 heterocycles. The van der Waals surface area contributed by atoms with Crippen molar-refractivity contribution in [2.45, 2.75) is 0 Å². The normalized spacial score (nSPS) is 11.9. The van der Waals surface area contributed by atoms with E-state index in [0.717, 1.165) is 59.9 Å². The average Bonchev–Trinajstić information content (AvgIpc) is 3.69. The van der Waals surface area contributed by atoms with Gasteiger partial charge in [0.2, 0.25) is 0 Å². The zero-order valence-corrected chi connectivity index (χ0v) is 25.4. The van der Waals surface area contributed by atoms with E-state index >= 15 is 0 Å². The molecule has 0 aliphatic rings. The van der Waals surface area contributed by atoms with Gasteiger partial charge < -0.3 is 4.42 Å². The quantitative estimate of drug-likeness (QED) is 0.201. The molecule has 46 heavy (non-hydrogen) atoms. The molecule has 0 N–H and O–H groups in total. The molecule has 0 aliphatic heterocycles. The first kappa shape index (κ1) is 25.5. The molecule has 0 saturated heterocycles. The van der Waals surface area contributed by atoms with E-state index in [-0.39, 0.29) is 0 Å². The Morgan fingerprint density at radius 2 is 1.15 bits per heavy atom.